The molecule has 0 aliphatic carbocycles. The van der Waals surface area contributed by atoms with Crippen LogP contribution in [0.5, 0.6) is 5.88 Å². The number of rotatable bonds is 4. The predicted molar refractivity (Wildman–Crippen MR) is 115 cm³/mol. The van der Waals surface area contributed by atoms with E-state index in [0.717, 1.165) is 34.7 Å². The molecule has 0 spiro atoms. The van der Waals surface area contributed by atoms with E-state index in [-0.39, 0.29) is 12.0 Å². The molecule has 1 aliphatic rings. The first-order valence-corrected chi connectivity index (χ1v) is 10.8. The van der Waals surface area contributed by atoms with Crippen molar-refractivity contribution in [3.05, 3.63) is 65.6 Å². The summed E-state index contributed by atoms with van der Waals surface area (Å²) in [7, 11) is 0. The standard InChI is InChI=1S/C22H21N5O2S/c1-15-20(30-22(24-15)27-10-4-5-11-27)21(28)26-12-8-16(9-13-26)29-19-14-23-17-6-2-3-7-18(17)25-19/h2-7,10-11,14,16H,8-9,12-13H2,1H3. The van der Waals surface area contributed by atoms with Gasteiger partial charge in [0.15, 0.2) is 5.13 Å². The summed E-state index contributed by atoms with van der Waals surface area (Å²) in [6.45, 7) is 3.20. The topological polar surface area (TPSA) is 73.1 Å². The second-order valence-corrected chi connectivity index (χ2v) is 8.29. The molecular formula is C22H21N5O2S. The maximum Gasteiger partial charge on any atom is 0.265 e. The number of aryl methyl sites for hydroxylation is 1. The summed E-state index contributed by atoms with van der Waals surface area (Å²) in [5.41, 5.74) is 2.45. The molecule has 1 aliphatic heterocycles. The number of hydrogen-bond donors (Lipinski definition) is 0. The van der Waals surface area contributed by atoms with E-state index in [1.54, 1.807) is 6.20 Å². The van der Waals surface area contributed by atoms with Crippen LogP contribution in [0.15, 0.2) is 55.0 Å². The summed E-state index contributed by atoms with van der Waals surface area (Å²) >= 11 is 1.43. The van der Waals surface area contributed by atoms with Crippen LogP contribution in [0.4, 0.5) is 0 Å². The Morgan fingerprint density at radius 2 is 1.80 bits per heavy atom. The highest BCUT2D eigenvalue weighted by molar-refractivity contribution is 7.16. The van der Waals surface area contributed by atoms with Gasteiger partial charge in [-0.05, 0) is 31.2 Å². The highest BCUT2D eigenvalue weighted by atomic mass is 32.1. The lowest BCUT2D eigenvalue weighted by atomic mass is 10.1. The second-order valence-electron chi connectivity index (χ2n) is 7.31. The molecule has 3 aromatic heterocycles. The number of carbonyl (C=O) groups excluding carboxylic acids is 1. The number of para-hydroxylation sites is 2. The van der Waals surface area contributed by atoms with Crippen LogP contribution < -0.4 is 4.74 Å². The minimum Gasteiger partial charge on any atom is -0.473 e. The Balaban J connectivity index is 1.23. The average molecular weight is 420 g/mol. The second kappa shape index (κ2) is 7.87. The smallest absolute Gasteiger partial charge is 0.265 e. The third-order valence-electron chi connectivity index (χ3n) is 5.25. The highest BCUT2D eigenvalue weighted by Crippen LogP contribution is 2.26. The van der Waals surface area contributed by atoms with Gasteiger partial charge in [0.1, 0.15) is 11.0 Å². The quantitative estimate of drug-likeness (QED) is 0.502. The van der Waals surface area contributed by atoms with E-state index in [9.17, 15) is 4.79 Å². The molecule has 4 heterocycles. The van der Waals surface area contributed by atoms with Crippen molar-refractivity contribution < 1.29 is 9.53 Å². The summed E-state index contributed by atoms with van der Waals surface area (Å²) < 4.78 is 7.98. The molecule has 0 atom stereocenters. The fourth-order valence-electron chi connectivity index (χ4n) is 3.64. The summed E-state index contributed by atoms with van der Waals surface area (Å²) in [6.07, 6.45) is 7.10. The van der Waals surface area contributed by atoms with Crippen LogP contribution in [0.3, 0.4) is 0 Å². The lowest BCUT2D eigenvalue weighted by molar-refractivity contribution is 0.0591. The van der Waals surface area contributed by atoms with Crippen molar-refractivity contribution in [3.63, 3.8) is 0 Å². The van der Waals surface area contributed by atoms with Crippen molar-refractivity contribution in [1.82, 2.24) is 24.4 Å². The fraction of sp³-hybridized carbons (Fsp3) is 0.273. The normalized spacial score (nSPS) is 14.9. The molecule has 4 aromatic rings. The van der Waals surface area contributed by atoms with E-state index in [0.29, 0.717) is 23.8 Å². The molecule has 1 amide bonds. The van der Waals surface area contributed by atoms with Gasteiger partial charge in [0, 0.05) is 38.3 Å². The van der Waals surface area contributed by atoms with E-state index in [4.69, 9.17) is 4.74 Å². The zero-order chi connectivity index (χ0) is 20.5. The molecule has 30 heavy (non-hydrogen) atoms. The predicted octanol–water partition coefficient (Wildman–Crippen LogP) is 3.87. The number of fused-ring (bicyclic) bond motifs is 1. The van der Waals surface area contributed by atoms with Gasteiger partial charge in [0.05, 0.1) is 22.9 Å². The lowest BCUT2D eigenvalue weighted by Gasteiger charge is -2.31. The van der Waals surface area contributed by atoms with Gasteiger partial charge in [-0.15, -0.1) is 0 Å². The molecule has 1 saturated heterocycles. The van der Waals surface area contributed by atoms with Crippen LogP contribution in [0.25, 0.3) is 16.2 Å². The first-order chi connectivity index (χ1) is 14.7. The van der Waals surface area contributed by atoms with Crippen molar-refractivity contribution >= 4 is 28.3 Å². The van der Waals surface area contributed by atoms with Crippen molar-refractivity contribution in [2.45, 2.75) is 25.9 Å². The summed E-state index contributed by atoms with van der Waals surface area (Å²) in [4.78, 5) is 29.1. The molecule has 8 heteroatoms. The van der Waals surface area contributed by atoms with Crippen molar-refractivity contribution in [2.24, 2.45) is 0 Å². The van der Waals surface area contributed by atoms with Gasteiger partial charge in [0.25, 0.3) is 5.91 Å². The highest BCUT2D eigenvalue weighted by Gasteiger charge is 2.27. The molecule has 7 nitrogen and oxygen atoms in total. The van der Waals surface area contributed by atoms with E-state index in [1.807, 2.05) is 65.2 Å². The van der Waals surface area contributed by atoms with E-state index in [1.165, 1.54) is 11.3 Å². The number of thiazole rings is 1. The third kappa shape index (κ3) is 3.66. The average Bonchev–Trinajstić information content (AvgIpc) is 3.43. The number of hydrogen-bond acceptors (Lipinski definition) is 6. The van der Waals surface area contributed by atoms with Gasteiger partial charge in [-0.3, -0.25) is 4.79 Å². The molecule has 0 N–H and O–H groups in total. The Hall–Kier alpha value is -3.26. The summed E-state index contributed by atoms with van der Waals surface area (Å²) in [6, 6.07) is 11.6. The van der Waals surface area contributed by atoms with Gasteiger partial charge in [-0.2, -0.15) is 0 Å². The Morgan fingerprint density at radius 3 is 2.57 bits per heavy atom. The third-order valence-corrected chi connectivity index (χ3v) is 6.41. The minimum absolute atomic E-state index is 0.0301. The Bertz CT molecular complexity index is 1180. The first kappa shape index (κ1) is 18.7. The number of aromatic nitrogens is 4. The molecular weight excluding hydrogens is 398 g/mol. The van der Waals surface area contributed by atoms with Crippen molar-refractivity contribution in [2.75, 3.05) is 13.1 Å². The number of piperidine rings is 1. The minimum atomic E-state index is 0.0301. The zero-order valence-electron chi connectivity index (χ0n) is 16.6. The molecule has 152 valence electrons. The van der Waals surface area contributed by atoms with E-state index < -0.39 is 0 Å². The van der Waals surface area contributed by atoms with E-state index in [2.05, 4.69) is 15.0 Å². The zero-order valence-corrected chi connectivity index (χ0v) is 17.4. The molecule has 0 saturated carbocycles. The van der Waals surface area contributed by atoms with Crippen LogP contribution >= 0.6 is 11.3 Å². The number of likely N-dealkylation sites (tertiary alicyclic amines) is 1. The Labute approximate surface area is 178 Å². The summed E-state index contributed by atoms with van der Waals surface area (Å²) in [5, 5.41) is 0.814. The number of benzene rings is 1. The van der Waals surface area contributed by atoms with Crippen LogP contribution in [-0.4, -0.2) is 49.5 Å². The molecule has 5 rings (SSSR count). The molecule has 0 unspecified atom stereocenters. The van der Waals surface area contributed by atoms with Crippen molar-refractivity contribution in [1.29, 1.82) is 0 Å². The molecule has 0 bridgehead atoms. The Kier molecular flexibility index (Phi) is 4.92. The number of carbonyl (C=O) groups is 1. The van der Waals surface area contributed by atoms with Crippen LogP contribution in [0, 0.1) is 6.92 Å². The van der Waals surface area contributed by atoms with Crippen LogP contribution in [-0.2, 0) is 0 Å². The van der Waals surface area contributed by atoms with Gasteiger partial charge in [0.2, 0.25) is 5.88 Å². The van der Waals surface area contributed by atoms with Gasteiger partial charge >= 0.3 is 0 Å². The number of nitrogens with zero attached hydrogens (tertiary/aromatic N) is 5. The maximum absolute atomic E-state index is 13.0. The number of ether oxygens (including phenoxy) is 1. The Morgan fingerprint density at radius 1 is 1.07 bits per heavy atom. The molecule has 1 fully saturated rings. The lowest BCUT2D eigenvalue weighted by Crippen LogP contribution is -2.41. The van der Waals surface area contributed by atoms with Gasteiger partial charge < -0.3 is 14.2 Å². The van der Waals surface area contributed by atoms with Gasteiger partial charge in [-0.1, -0.05) is 23.5 Å². The van der Waals surface area contributed by atoms with Crippen LogP contribution in [0.2, 0.25) is 0 Å². The van der Waals surface area contributed by atoms with Crippen molar-refractivity contribution in [3.8, 4) is 11.0 Å². The van der Waals surface area contributed by atoms with Crippen LogP contribution in [0.1, 0.15) is 28.2 Å². The van der Waals surface area contributed by atoms with E-state index >= 15 is 0 Å². The monoisotopic (exact) mass is 419 g/mol. The summed E-state index contributed by atoms with van der Waals surface area (Å²) in [5.74, 6) is 0.584. The number of amides is 1. The fourth-order valence-corrected chi connectivity index (χ4v) is 4.64. The molecule has 1 aromatic carbocycles. The molecule has 0 radical (unpaired) electrons. The SMILES string of the molecule is Cc1nc(-n2cccc2)sc1C(=O)N1CCC(Oc2cnc3ccccc3n2)CC1. The largest absolute Gasteiger partial charge is 0.473 e. The van der Waals surface area contributed by atoms with Gasteiger partial charge in [-0.25, -0.2) is 15.0 Å². The first-order valence-electron chi connectivity index (χ1n) is 9.96. The maximum atomic E-state index is 13.0.